The maximum Gasteiger partial charge on any atom is 0.0638 e. The molecule has 8 nitrogen and oxygen atoms in total. The van der Waals surface area contributed by atoms with Crippen LogP contribution in [0.5, 0.6) is 0 Å². The van der Waals surface area contributed by atoms with Gasteiger partial charge in [-0.2, -0.15) is 0 Å². The lowest BCUT2D eigenvalue weighted by Gasteiger charge is -2.10. The Hall–Kier alpha value is -7.84. The van der Waals surface area contributed by atoms with Gasteiger partial charge in [0.25, 0.3) is 0 Å². The van der Waals surface area contributed by atoms with E-state index in [-0.39, 0.29) is 0 Å². The quantitative estimate of drug-likeness (QED) is 0.0831. The van der Waals surface area contributed by atoms with Crippen molar-refractivity contribution >= 4 is 85.4 Å². The molecule has 0 saturated carbocycles. The number of benzene rings is 6. The normalized spacial score (nSPS) is 13.0. The number of nitrogen functional groups attached to an aromatic ring is 1. The van der Waals surface area contributed by atoms with E-state index in [1.54, 1.807) is 0 Å². The van der Waals surface area contributed by atoms with Gasteiger partial charge in [0.15, 0.2) is 0 Å². The Morgan fingerprint density at radius 1 is 0.268 bits per heavy atom. The van der Waals surface area contributed by atoms with Crippen LogP contribution in [0.1, 0.15) is 0 Å². The summed E-state index contributed by atoms with van der Waals surface area (Å²) in [6, 6.07) is 50.0. The fraction of sp³-hybridized carbons (Fsp3) is 0. The number of hydrogen-bond acceptors (Lipinski definition) is 8. The van der Waals surface area contributed by atoms with Gasteiger partial charge in [-0.05, 0) is 182 Å². The number of anilines is 7. The van der Waals surface area contributed by atoms with Crippen molar-refractivity contribution < 1.29 is 0 Å². The monoisotopic (exact) mass is 726 g/mol. The molecular formula is C48H38N8. The SMILES string of the molecule is Nc1ccc(N=C2C=CC(=Nc3ccc(Nc4ccc(Nc5ccc(N=C6C=CC(=Nc7ccc(Nc8ccccc8)cc7)C=C6)cc5)cc4)cc3)C=C2)cc1. The van der Waals surface area contributed by atoms with Crippen LogP contribution >= 0.6 is 0 Å². The molecule has 0 spiro atoms. The van der Waals surface area contributed by atoms with Crippen LogP contribution < -0.4 is 21.7 Å². The molecule has 0 saturated heterocycles. The number of rotatable bonds is 10. The van der Waals surface area contributed by atoms with Crippen LogP contribution in [0, 0.1) is 0 Å². The van der Waals surface area contributed by atoms with Crippen molar-refractivity contribution in [3.8, 4) is 0 Å². The standard InChI is InChI=1S/C48H38N8/c49-34-6-8-36(9-7-34)51-38-14-16-40(17-15-38)53-42-22-24-44(25-23-42)55-46-30-32-48(33-31-46)56-47-28-26-45(27-29-47)54-43-20-18-41(19-21-43)52-39-12-10-37(11-13-39)50-35-4-2-1-3-5-35/h1-33,50,55-56H,49H2. The summed E-state index contributed by atoms with van der Waals surface area (Å²) in [6.07, 6.45) is 15.8. The first-order chi connectivity index (χ1) is 27.5. The third-order valence-corrected chi connectivity index (χ3v) is 8.75. The summed E-state index contributed by atoms with van der Waals surface area (Å²) >= 11 is 0. The van der Waals surface area contributed by atoms with Crippen molar-refractivity contribution in [2.75, 3.05) is 21.7 Å². The van der Waals surface area contributed by atoms with E-state index in [4.69, 9.17) is 20.7 Å². The smallest absolute Gasteiger partial charge is 0.0638 e. The molecule has 0 aliphatic heterocycles. The zero-order valence-corrected chi connectivity index (χ0v) is 30.4. The molecule has 5 N–H and O–H groups in total. The second kappa shape index (κ2) is 16.9. The highest BCUT2D eigenvalue weighted by Gasteiger charge is 2.04. The highest BCUT2D eigenvalue weighted by molar-refractivity contribution is 6.20. The zero-order valence-electron chi connectivity index (χ0n) is 30.4. The topological polar surface area (TPSA) is 112 Å². The Labute approximate surface area is 326 Å². The maximum absolute atomic E-state index is 5.77. The van der Waals surface area contributed by atoms with Crippen molar-refractivity contribution in [3.63, 3.8) is 0 Å². The van der Waals surface area contributed by atoms with Gasteiger partial charge in [-0.1, -0.05) is 18.2 Å². The molecule has 6 aromatic carbocycles. The van der Waals surface area contributed by atoms with Crippen molar-refractivity contribution in [3.05, 3.63) is 200 Å². The molecule has 0 aromatic heterocycles. The van der Waals surface area contributed by atoms with E-state index in [1.165, 1.54) is 0 Å². The third kappa shape index (κ3) is 9.77. The lowest BCUT2D eigenvalue weighted by molar-refractivity contribution is 1.48. The molecule has 56 heavy (non-hydrogen) atoms. The maximum atomic E-state index is 5.77. The van der Waals surface area contributed by atoms with Crippen molar-refractivity contribution in [1.29, 1.82) is 0 Å². The molecule has 0 fully saturated rings. The van der Waals surface area contributed by atoms with Gasteiger partial charge in [-0.3, -0.25) is 0 Å². The number of nitrogens with one attached hydrogen (secondary N) is 3. The fourth-order valence-corrected chi connectivity index (χ4v) is 5.86. The average Bonchev–Trinajstić information content (AvgIpc) is 3.23. The molecule has 270 valence electrons. The molecular weight excluding hydrogens is 689 g/mol. The Morgan fingerprint density at radius 2 is 0.500 bits per heavy atom. The lowest BCUT2D eigenvalue weighted by Crippen LogP contribution is -1.99. The summed E-state index contributed by atoms with van der Waals surface area (Å²) in [5.41, 5.74) is 19.5. The second-order valence-electron chi connectivity index (χ2n) is 13.0. The van der Waals surface area contributed by atoms with E-state index < -0.39 is 0 Å². The zero-order chi connectivity index (χ0) is 37.9. The van der Waals surface area contributed by atoms with Gasteiger partial charge in [0, 0.05) is 39.8 Å². The highest BCUT2D eigenvalue weighted by Crippen LogP contribution is 2.26. The number of aliphatic imine (C=N–C) groups is 4. The van der Waals surface area contributed by atoms with Crippen LogP contribution in [-0.2, 0) is 0 Å². The minimum Gasteiger partial charge on any atom is -0.399 e. The average molecular weight is 727 g/mol. The first kappa shape index (κ1) is 35.2. The van der Waals surface area contributed by atoms with Crippen molar-refractivity contribution in [1.82, 2.24) is 0 Å². The van der Waals surface area contributed by atoms with E-state index >= 15 is 0 Å². The summed E-state index contributed by atoms with van der Waals surface area (Å²) in [5.74, 6) is 0. The van der Waals surface area contributed by atoms with Crippen LogP contribution in [0.15, 0.2) is 220 Å². The molecule has 8 heteroatoms. The summed E-state index contributed by atoms with van der Waals surface area (Å²) in [7, 11) is 0. The van der Waals surface area contributed by atoms with Crippen molar-refractivity contribution in [2.45, 2.75) is 0 Å². The number of hydrogen-bond donors (Lipinski definition) is 4. The van der Waals surface area contributed by atoms with Gasteiger partial charge >= 0.3 is 0 Å². The minimum absolute atomic E-state index is 0.722. The molecule has 0 unspecified atom stereocenters. The lowest BCUT2D eigenvalue weighted by atomic mass is 10.1. The highest BCUT2D eigenvalue weighted by atomic mass is 14.9. The Balaban J connectivity index is 0.804. The Morgan fingerprint density at radius 3 is 0.786 bits per heavy atom. The van der Waals surface area contributed by atoms with Crippen LogP contribution in [0.25, 0.3) is 0 Å². The molecule has 0 bridgehead atoms. The molecule has 8 rings (SSSR count). The molecule has 2 aliphatic carbocycles. The van der Waals surface area contributed by atoms with Gasteiger partial charge in [0.1, 0.15) is 0 Å². The number of para-hydroxylation sites is 1. The number of nitrogens with zero attached hydrogens (tertiary/aromatic N) is 4. The fourth-order valence-electron chi connectivity index (χ4n) is 5.86. The first-order valence-corrected chi connectivity index (χ1v) is 18.2. The van der Waals surface area contributed by atoms with Gasteiger partial charge in [-0.15, -0.1) is 0 Å². The Bertz CT molecular complexity index is 2500. The summed E-state index contributed by atoms with van der Waals surface area (Å²) in [5, 5.41) is 10.3. The summed E-state index contributed by atoms with van der Waals surface area (Å²) in [4.78, 5) is 18.9. The van der Waals surface area contributed by atoms with Gasteiger partial charge in [0.05, 0.1) is 45.6 Å². The summed E-state index contributed by atoms with van der Waals surface area (Å²) < 4.78 is 0. The van der Waals surface area contributed by atoms with E-state index in [9.17, 15) is 0 Å². The predicted molar refractivity (Wildman–Crippen MR) is 238 cm³/mol. The number of allylic oxidation sites excluding steroid dienone is 8. The second-order valence-corrected chi connectivity index (χ2v) is 13.0. The molecule has 2 aliphatic rings. The molecule has 6 aromatic rings. The van der Waals surface area contributed by atoms with Crippen LogP contribution in [0.4, 0.5) is 62.6 Å². The van der Waals surface area contributed by atoms with E-state index in [2.05, 4.69) is 45.2 Å². The van der Waals surface area contributed by atoms with Crippen LogP contribution in [0.3, 0.4) is 0 Å². The number of nitrogens with two attached hydrogens (primary N) is 1. The largest absolute Gasteiger partial charge is 0.399 e. The van der Waals surface area contributed by atoms with Crippen LogP contribution in [-0.4, -0.2) is 22.8 Å². The van der Waals surface area contributed by atoms with E-state index in [0.717, 1.165) is 85.4 Å². The Kier molecular flexibility index (Phi) is 10.6. The first-order valence-electron chi connectivity index (χ1n) is 18.2. The molecule has 0 atom stereocenters. The van der Waals surface area contributed by atoms with Crippen LogP contribution in [0.2, 0.25) is 0 Å². The third-order valence-electron chi connectivity index (χ3n) is 8.75. The summed E-state index contributed by atoms with van der Waals surface area (Å²) in [6.45, 7) is 0. The molecule has 0 radical (unpaired) electrons. The van der Waals surface area contributed by atoms with Gasteiger partial charge in [-0.25, -0.2) is 20.0 Å². The van der Waals surface area contributed by atoms with Crippen molar-refractivity contribution in [2.24, 2.45) is 20.0 Å². The molecule has 0 amide bonds. The molecule has 0 heterocycles. The van der Waals surface area contributed by atoms with E-state index in [1.807, 2.05) is 176 Å². The predicted octanol–water partition coefficient (Wildman–Crippen LogP) is 12.4. The van der Waals surface area contributed by atoms with E-state index in [0.29, 0.717) is 0 Å². The van der Waals surface area contributed by atoms with Gasteiger partial charge in [0.2, 0.25) is 0 Å². The minimum atomic E-state index is 0.722. The van der Waals surface area contributed by atoms with Gasteiger partial charge < -0.3 is 21.7 Å².